The highest BCUT2D eigenvalue weighted by molar-refractivity contribution is 6.76. The number of hydrogen-bond acceptors (Lipinski definition) is 5. The van der Waals surface area contributed by atoms with E-state index >= 15 is 4.39 Å². The largest absolute Gasteiger partial charge is 0.385 e. The highest BCUT2D eigenvalue weighted by atomic mass is 28.3. The Morgan fingerprint density at radius 2 is 1.77 bits per heavy atom. The van der Waals surface area contributed by atoms with Gasteiger partial charge < -0.3 is 9.84 Å². The number of aliphatic hydroxyl groups is 1. The highest BCUT2D eigenvalue weighted by Gasteiger charge is 2.25. The molecular formula is C31H39FN4O2Si. The Bertz CT molecular complexity index is 1410. The van der Waals surface area contributed by atoms with Crippen LogP contribution in [0.1, 0.15) is 37.9 Å². The molecule has 1 aromatic carbocycles. The molecule has 0 aliphatic carbocycles. The van der Waals surface area contributed by atoms with E-state index in [1.165, 1.54) is 6.07 Å². The number of hydrogen-bond donors (Lipinski definition) is 1. The molecule has 3 aromatic heterocycles. The molecule has 0 aliphatic rings. The van der Waals surface area contributed by atoms with Gasteiger partial charge in [-0.3, -0.25) is 9.97 Å². The van der Waals surface area contributed by atoms with Crippen molar-refractivity contribution in [3.8, 4) is 33.8 Å². The zero-order chi connectivity index (χ0) is 28.2. The summed E-state index contributed by atoms with van der Waals surface area (Å²) in [5.74, 6) is -0.363. The molecule has 0 aliphatic heterocycles. The summed E-state index contributed by atoms with van der Waals surface area (Å²) in [7, 11) is -1.20. The number of aryl methyl sites for hydroxylation is 1. The minimum atomic E-state index is -1.20. The van der Waals surface area contributed by atoms with Gasteiger partial charge in [0.05, 0.1) is 17.0 Å². The number of ether oxygens (including phenoxy) is 1. The lowest BCUT2D eigenvalue weighted by atomic mass is 9.89. The van der Waals surface area contributed by atoms with Crippen LogP contribution in [0.4, 0.5) is 4.39 Å². The quantitative estimate of drug-likeness (QED) is 0.156. The van der Waals surface area contributed by atoms with E-state index in [0.29, 0.717) is 43.1 Å². The first kappa shape index (κ1) is 28.8. The number of pyridine rings is 2. The fourth-order valence-electron chi connectivity index (χ4n) is 4.48. The van der Waals surface area contributed by atoms with Crippen LogP contribution in [-0.2, 0) is 17.1 Å². The van der Waals surface area contributed by atoms with Crippen LogP contribution in [-0.4, -0.2) is 39.5 Å². The molecule has 4 rings (SSSR count). The normalized spacial score (nSPS) is 12.2. The van der Waals surface area contributed by atoms with Crippen molar-refractivity contribution in [3.63, 3.8) is 0 Å². The molecule has 0 saturated heterocycles. The van der Waals surface area contributed by atoms with Gasteiger partial charge >= 0.3 is 0 Å². The number of halogens is 1. The molecule has 3 heterocycles. The molecule has 39 heavy (non-hydrogen) atoms. The van der Waals surface area contributed by atoms with Crippen molar-refractivity contribution in [1.82, 2.24) is 19.7 Å². The van der Waals surface area contributed by atoms with Crippen LogP contribution in [0.25, 0.3) is 33.8 Å². The summed E-state index contributed by atoms with van der Waals surface area (Å²) in [6.45, 7) is 13.8. The average molecular weight is 547 g/mol. The first-order valence-corrected chi connectivity index (χ1v) is 17.3. The van der Waals surface area contributed by atoms with E-state index in [1.54, 1.807) is 29.1 Å². The number of nitrogens with zero attached hydrogens (tertiary/aromatic N) is 4. The molecule has 4 aromatic rings. The second-order valence-corrected chi connectivity index (χ2v) is 16.9. The number of aromatic nitrogens is 4. The topological polar surface area (TPSA) is 73.1 Å². The van der Waals surface area contributed by atoms with E-state index in [0.717, 1.165) is 34.1 Å². The van der Waals surface area contributed by atoms with E-state index in [-0.39, 0.29) is 5.82 Å². The lowest BCUT2D eigenvalue weighted by Gasteiger charge is -2.25. The van der Waals surface area contributed by atoms with Gasteiger partial charge in [-0.1, -0.05) is 51.7 Å². The van der Waals surface area contributed by atoms with Gasteiger partial charge in [0.25, 0.3) is 0 Å². The van der Waals surface area contributed by atoms with Gasteiger partial charge in [0, 0.05) is 49.5 Å². The van der Waals surface area contributed by atoms with Crippen LogP contribution < -0.4 is 0 Å². The van der Waals surface area contributed by atoms with Crippen LogP contribution in [0.5, 0.6) is 0 Å². The van der Waals surface area contributed by atoms with Crippen LogP contribution in [0.2, 0.25) is 25.7 Å². The van der Waals surface area contributed by atoms with Crippen LogP contribution in [0.3, 0.4) is 0 Å². The van der Waals surface area contributed by atoms with Crippen LogP contribution >= 0.6 is 0 Å². The maximum absolute atomic E-state index is 15.1. The summed E-state index contributed by atoms with van der Waals surface area (Å²) < 4.78 is 22.8. The molecule has 0 amide bonds. The predicted molar refractivity (Wildman–Crippen MR) is 157 cm³/mol. The van der Waals surface area contributed by atoms with E-state index in [9.17, 15) is 5.11 Å². The van der Waals surface area contributed by atoms with Crippen molar-refractivity contribution in [1.29, 1.82) is 0 Å². The van der Waals surface area contributed by atoms with E-state index in [4.69, 9.17) is 14.8 Å². The Labute approximate surface area is 231 Å². The van der Waals surface area contributed by atoms with Crippen LogP contribution in [0.15, 0.2) is 60.9 Å². The molecule has 0 spiro atoms. The summed E-state index contributed by atoms with van der Waals surface area (Å²) >= 11 is 0. The van der Waals surface area contributed by atoms with Crippen molar-refractivity contribution in [3.05, 3.63) is 78.0 Å². The minimum Gasteiger partial charge on any atom is -0.385 e. The summed E-state index contributed by atoms with van der Waals surface area (Å²) in [6, 6.07) is 15.5. The van der Waals surface area contributed by atoms with Crippen molar-refractivity contribution in [2.45, 2.75) is 71.6 Å². The van der Waals surface area contributed by atoms with E-state index < -0.39 is 13.7 Å². The third-order valence-electron chi connectivity index (χ3n) is 7.14. The molecular weight excluding hydrogens is 507 g/mol. The molecule has 0 saturated carbocycles. The van der Waals surface area contributed by atoms with Crippen LogP contribution in [0, 0.1) is 12.7 Å². The molecule has 0 bridgehead atoms. The Morgan fingerprint density at radius 1 is 1.00 bits per heavy atom. The SMILES string of the molecule is CCC(O)(CC)c1ccc(-c2cc(-c3cn(COCC[Si](C)(C)C)nc3-c3cccc(C)n3)ccc2F)nc1. The molecule has 1 N–H and O–H groups in total. The van der Waals surface area contributed by atoms with Gasteiger partial charge in [0.1, 0.15) is 18.2 Å². The Morgan fingerprint density at radius 3 is 2.41 bits per heavy atom. The Kier molecular flexibility index (Phi) is 8.79. The van der Waals surface area contributed by atoms with Crippen molar-refractivity contribution in [2.75, 3.05) is 6.61 Å². The second-order valence-electron chi connectivity index (χ2n) is 11.3. The molecule has 8 heteroatoms. The van der Waals surface area contributed by atoms with Crippen molar-refractivity contribution >= 4 is 8.07 Å². The van der Waals surface area contributed by atoms with Gasteiger partial charge in [-0.25, -0.2) is 9.07 Å². The Hall–Kier alpha value is -3.20. The zero-order valence-electron chi connectivity index (χ0n) is 23.8. The maximum atomic E-state index is 15.1. The first-order chi connectivity index (χ1) is 18.5. The summed E-state index contributed by atoms with van der Waals surface area (Å²) in [5, 5.41) is 15.7. The molecule has 206 valence electrons. The second kappa shape index (κ2) is 11.9. The molecule has 6 nitrogen and oxygen atoms in total. The lowest BCUT2D eigenvalue weighted by Crippen LogP contribution is -2.23. The summed E-state index contributed by atoms with van der Waals surface area (Å²) in [6.07, 6.45) is 4.74. The predicted octanol–water partition coefficient (Wildman–Crippen LogP) is 7.44. The molecule has 0 fully saturated rings. The number of benzene rings is 1. The van der Waals surface area contributed by atoms with E-state index in [1.807, 2.05) is 51.2 Å². The Balaban J connectivity index is 1.70. The monoisotopic (exact) mass is 546 g/mol. The van der Waals surface area contributed by atoms with Crippen molar-refractivity contribution in [2.24, 2.45) is 0 Å². The first-order valence-electron chi connectivity index (χ1n) is 13.6. The van der Waals surface area contributed by atoms with E-state index in [2.05, 4.69) is 24.6 Å². The van der Waals surface area contributed by atoms with Gasteiger partial charge in [-0.2, -0.15) is 5.10 Å². The molecule has 0 unspecified atom stereocenters. The third-order valence-corrected chi connectivity index (χ3v) is 8.84. The van der Waals surface area contributed by atoms with Gasteiger partial charge in [0.2, 0.25) is 0 Å². The molecule has 0 atom stereocenters. The van der Waals surface area contributed by atoms with Gasteiger partial charge in [-0.15, -0.1) is 0 Å². The standard InChI is InChI=1S/C31H39FN4O2Si/c1-7-31(37,8-2)24-13-15-28(33-19-24)25-18-23(12-14-27(25)32)26-20-36(21-38-16-17-39(4,5)6)35-30(26)29-11-9-10-22(3)34-29/h9-15,18-20,37H,7-8,16-17,21H2,1-6H3. The minimum absolute atomic E-state index is 0.331. The highest BCUT2D eigenvalue weighted by Crippen LogP contribution is 2.35. The van der Waals surface area contributed by atoms with Crippen molar-refractivity contribution < 1.29 is 14.2 Å². The smallest absolute Gasteiger partial charge is 0.139 e. The fourth-order valence-corrected chi connectivity index (χ4v) is 5.23. The average Bonchev–Trinajstić information content (AvgIpc) is 3.35. The lowest BCUT2D eigenvalue weighted by molar-refractivity contribution is 0.0281. The summed E-state index contributed by atoms with van der Waals surface area (Å²) in [5.41, 5.74) is 4.69. The van der Waals surface area contributed by atoms with Gasteiger partial charge in [0.15, 0.2) is 0 Å². The number of rotatable bonds is 11. The fraction of sp³-hybridized carbons (Fsp3) is 0.387. The third kappa shape index (κ3) is 6.87. The summed E-state index contributed by atoms with van der Waals surface area (Å²) in [4.78, 5) is 9.22. The molecule has 0 radical (unpaired) electrons. The maximum Gasteiger partial charge on any atom is 0.139 e. The zero-order valence-corrected chi connectivity index (χ0v) is 24.8. The van der Waals surface area contributed by atoms with Gasteiger partial charge in [-0.05, 0) is 61.7 Å².